The van der Waals surface area contributed by atoms with E-state index >= 15 is 0 Å². The zero-order valence-electron chi connectivity index (χ0n) is 23.8. The molecule has 9 nitrogen and oxygen atoms in total. The molecule has 1 N–H and O–H groups in total. The number of ether oxygens (including phenoxy) is 1. The molecule has 6 rings (SSSR count). The molecule has 11 heteroatoms. The van der Waals surface area contributed by atoms with Crippen LogP contribution in [0, 0.1) is 11.8 Å². The van der Waals surface area contributed by atoms with Crippen molar-refractivity contribution in [2.75, 3.05) is 44.7 Å². The first-order valence-electron chi connectivity index (χ1n) is 14.7. The molecule has 2 aromatic heterocycles. The molecule has 2 unspecified atom stereocenters. The van der Waals surface area contributed by atoms with Crippen molar-refractivity contribution < 1.29 is 14.6 Å². The van der Waals surface area contributed by atoms with Gasteiger partial charge in [0.2, 0.25) is 11.8 Å². The molecule has 0 saturated carbocycles. The van der Waals surface area contributed by atoms with Crippen LogP contribution < -0.4 is 9.64 Å². The summed E-state index contributed by atoms with van der Waals surface area (Å²) in [4.78, 5) is 32.4. The van der Waals surface area contributed by atoms with E-state index in [1.807, 2.05) is 24.3 Å². The Morgan fingerprint density at radius 3 is 2.43 bits per heavy atom. The second kappa shape index (κ2) is 12.7. The van der Waals surface area contributed by atoms with Gasteiger partial charge >= 0.3 is 5.97 Å². The van der Waals surface area contributed by atoms with Gasteiger partial charge in [-0.15, -0.1) is 0 Å². The van der Waals surface area contributed by atoms with E-state index in [1.54, 1.807) is 18.5 Å². The molecule has 3 aromatic rings. The van der Waals surface area contributed by atoms with Gasteiger partial charge in [-0.25, -0.2) is 15.0 Å². The zero-order valence-corrected chi connectivity index (χ0v) is 25.3. The standard InChI is InChI=1S/C31H36Cl2N6O3/c1-37-6-5-28-22(19-37)4-9-39(28)31-34-16-26(17-35-31)42-29-11-21(18-38-7-2-20(3-8-38)12-30(40)41)10-27(36-29)23-13-24(32)15-25(33)14-23/h10-11,13-17,20,22,28H,2-9,12,18-19H2,1H3,(H,40,41). The van der Waals surface area contributed by atoms with E-state index in [0.717, 1.165) is 69.1 Å². The molecule has 0 bridgehead atoms. The van der Waals surface area contributed by atoms with Gasteiger partial charge in [-0.05, 0) is 94.0 Å². The number of pyridine rings is 1. The van der Waals surface area contributed by atoms with Gasteiger partial charge in [0.25, 0.3) is 0 Å². The molecule has 5 heterocycles. The summed E-state index contributed by atoms with van der Waals surface area (Å²) in [5.74, 6) is 1.88. The van der Waals surface area contributed by atoms with Crippen molar-refractivity contribution in [2.24, 2.45) is 11.8 Å². The minimum atomic E-state index is -0.724. The topological polar surface area (TPSA) is 94.9 Å². The number of aliphatic carboxylic acids is 1. The van der Waals surface area contributed by atoms with Crippen molar-refractivity contribution in [1.82, 2.24) is 24.8 Å². The lowest BCUT2D eigenvalue weighted by molar-refractivity contribution is -0.138. The second-order valence-electron chi connectivity index (χ2n) is 11.9. The molecule has 3 saturated heterocycles. The minimum Gasteiger partial charge on any atom is -0.481 e. The maximum absolute atomic E-state index is 11.1. The highest BCUT2D eigenvalue weighted by Gasteiger charge is 2.38. The quantitative estimate of drug-likeness (QED) is 0.336. The van der Waals surface area contributed by atoms with Crippen molar-refractivity contribution >= 4 is 35.1 Å². The molecule has 0 aliphatic carbocycles. The molecule has 222 valence electrons. The number of hydrogen-bond acceptors (Lipinski definition) is 8. The summed E-state index contributed by atoms with van der Waals surface area (Å²) >= 11 is 12.6. The van der Waals surface area contributed by atoms with Gasteiger partial charge < -0.3 is 19.6 Å². The Morgan fingerprint density at radius 2 is 1.71 bits per heavy atom. The third-order valence-electron chi connectivity index (χ3n) is 8.73. The summed E-state index contributed by atoms with van der Waals surface area (Å²) in [6, 6.07) is 9.84. The van der Waals surface area contributed by atoms with Crippen LogP contribution in [0.4, 0.5) is 5.95 Å². The molecule has 0 amide bonds. The number of rotatable bonds is 8. The molecular formula is C31H36Cl2N6O3. The van der Waals surface area contributed by atoms with Crippen molar-refractivity contribution in [3.63, 3.8) is 0 Å². The highest BCUT2D eigenvalue weighted by Crippen LogP contribution is 2.34. The Bertz CT molecular complexity index is 1400. The van der Waals surface area contributed by atoms with E-state index in [-0.39, 0.29) is 12.3 Å². The lowest BCUT2D eigenvalue weighted by Gasteiger charge is -2.36. The fourth-order valence-electron chi connectivity index (χ4n) is 6.65. The number of nitrogens with zero attached hydrogens (tertiary/aromatic N) is 6. The Labute approximate surface area is 256 Å². The van der Waals surface area contributed by atoms with Crippen LogP contribution in [-0.4, -0.2) is 81.6 Å². The molecule has 1 aromatic carbocycles. The van der Waals surface area contributed by atoms with Crippen LogP contribution in [0.2, 0.25) is 10.0 Å². The minimum absolute atomic E-state index is 0.230. The van der Waals surface area contributed by atoms with Gasteiger partial charge in [-0.3, -0.25) is 9.69 Å². The number of anilines is 1. The van der Waals surface area contributed by atoms with Crippen LogP contribution in [0.3, 0.4) is 0 Å². The number of carboxylic acid groups (broad SMARTS) is 1. The summed E-state index contributed by atoms with van der Waals surface area (Å²) in [7, 11) is 2.20. The number of benzene rings is 1. The van der Waals surface area contributed by atoms with E-state index in [1.165, 1.54) is 6.42 Å². The zero-order chi connectivity index (χ0) is 29.2. The first kappa shape index (κ1) is 29.1. The molecule has 0 radical (unpaired) electrons. The highest BCUT2D eigenvalue weighted by molar-refractivity contribution is 6.35. The van der Waals surface area contributed by atoms with E-state index in [2.05, 4.69) is 31.7 Å². The first-order chi connectivity index (χ1) is 20.3. The normalized spacial score (nSPS) is 21.8. The fraction of sp³-hybridized carbons (Fsp3) is 0.484. The monoisotopic (exact) mass is 610 g/mol. The van der Waals surface area contributed by atoms with Gasteiger partial charge in [-0.2, -0.15) is 0 Å². The van der Waals surface area contributed by atoms with Crippen molar-refractivity contribution in [2.45, 2.75) is 44.7 Å². The van der Waals surface area contributed by atoms with Crippen molar-refractivity contribution in [3.8, 4) is 22.9 Å². The second-order valence-corrected chi connectivity index (χ2v) is 12.7. The SMILES string of the molecule is CN1CCC2C(CCN2c2ncc(Oc3cc(CN4CCC(CC(=O)O)CC4)cc(-c4cc(Cl)cc(Cl)c4)n3)cn2)C1. The lowest BCUT2D eigenvalue weighted by Crippen LogP contribution is -2.44. The Balaban J connectivity index is 1.20. The van der Waals surface area contributed by atoms with Gasteiger partial charge in [0.05, 0.1) is 18.1 Å². The largest absolute Gasteiger partial charge is 0.481 e. The lowest BCUT2D eigenvalue weighted by atomic mass is 9.93. The fourth-order valence-corrected chi connectivity index (χ4v) is 7.18. The Hall–Kier alpha value is -2.98. The average molecular weight is 612 g/mol. The number of fused-ring (bicyclic) bond motifs is 1. The molecular weight excluding hydrogens is 575 g/mol. The van der Waals surface area contributed by atoms with Crippen LogP contribution in [0.5, 0.6) is 11.6 Å². The highest BCUT2D eigenvalue weighted by atomic mass is 35.5. The maximum Gasteiger partial charge on any atom is 0.303 e. The smallest absolute Gasteiger partial charge is 0.303 e. The van der Waals surface area contributed by atoms with E-state index in [4.69, 9.17) is 38.0 Å². The number of piperidine rings is 2. The van der Waals surface area contributed by atoms with Crippen LogP contribution in [0.1, 0.15) is 37.7 Å². The molecule has 2 atom stereocenters. The Morgan fingerprint density at radius 1 is 0.976 bits per heavy atom. The van der Waals surface area contributed by atoms with E-state index in [9.17, 15) is 4.79 Å². The third-order valence-corrected chi connectivity index (χ3v) is 9.16. The van der Waals surface area contributed by atoms with Crippen molar-refractivity contribution in [3.05, 3.63) is 58.3 Å². The summed E-state index contributed by atoms with van der Waals surface area (Å²) in [6.45, 7) is 5.60. The van der Waals surface area contributed by atoms with Crippen LogP contribution in [0.25, 0.3) is 11.3 Å². The molecule has 42 heavy (non-hydrogen) atoms. The molecule has 3 aliphatic heterocycles. The number of carboxylic acids is 1. The predicted molar refractivity (Wildman–Crippen MR) is 163 cm³/mol. The summed E-state index contributed by atoms with van der Waals surface area (Å²) < 4.78 is 6.22. The number of halogens is 2. The van der Waals surface area contributed by atoms with E-state index in [0.29, 0.717) is 45.9 Å². The summed E-state index contributed by atoms with van der Waals surface area (Å²) in [5.41, 5.74) is 2.54. The summed E-state index contributed by atoms with van der Waals surface area (Å²) in [5, 5.41) is 10.2. The predicted octanol–water partition coefficient (Wildman–Crippen LogP) is 5.85. The van der Waals surface area contributed by atoms with Crippen LogP contribution in [0.15, 0.2) is 42.7 Å². The number of likely N-dealkylation sites (tertiary alicyclic amines) is 2. The van der Waals surface area contributed by atoms with Gasteiger partial charge in [-0.1, -0.05) is 23.2 Å². The summed E-state index contributed by atoms with van der Waals surface area (Å²) in [6.07, 6.45) is 7.73. The van der Waals surface area contributed by atoms with E-state index < -0.39 is 5.97 Å². The number of carbonyl (C=O) groups is 1. The van der Waals surface area contributed by atoms with Gasteiger partial charge in [0, 0.05) is 53.8 Å². The number of hydrogen-bond donors (Lipinski definition) is 1. The molecule has 3 fully saturated rings. The van der Waals surface area contributed by atoms with Gasteiger partial charge in [0.1, 0.15) is 0 Å². The van der Waals surface area contributed by atoms with Crippen LogP contribution in [-0.2, 0) is 11.3 Å². The van der Waals surface area contributed by atoms with Crippen molar-refractivity contribution in [1.29, 1.82) is 0 Å². The van der Waals surface area contributed by atoms with Crippen LogP contribution >= 0.6 is 23.2 Å². The average Bonchev–Trinajstić information content (AvgIpc) is 3.37. The first-order valence-corrected chi connectivity index (χ1v) is 15.4. The molecule has 3 aliphatic rings. The maximum atomic E-state index is 11.1. The van der Waals surface area contributed by atoms with Gasteiger partial charge in [0.15, 0.2) is 5.75 Å². The molecule has 0 spiro atoms. The Kier molecular flexibility index (Phi) is 8.81. The third kappa shape index (κ3) is 6.97. The number of aromatic nitrogens is 3.